The maximum atomic E-state index is 12.2. The molecule has 0 atom stereocenters. The lowest BCUT2D eigenvalue weighted by Crippen LogP contribution is -2.32. The van der Waals surface area contributed by atoms with Crippen molar-refractivity contribution in [2.24, 2.45) is 0 Å². The molecule has 0 bridgehead atoms. The van der Waals surface area contributed by atoms with Crippen molar-refractivity contribution in [1.82, 2.24) is 9.97 Å². The van der Waals surface area contributed by atoms with Crippen LogP contribution in [-0.4, -0.2) is 22.4 Å². The Balaban J connectivity index is 2.13. The number of hydrogen-bond donors (Lipinski definition) is 2. The molecular weight excluding hydrogens is 228 g/mol. The fourth-order valence-corrected chi connectivity index (χ4v) is 1.76. The lowest BCUT2D eigenvalue weighted by atomic mass is 10.2. The summed E-state index contributed by atoms with van der Waals surface area (Å²) in [7, 11) is 0. The summed E-state index contributed by atoms with van der Waals surface area (Å²) >= 11 is 0. The summed E-state index contributed by atoms with van der Waals surface area (Å²) in [5, 5.41) is 0. The molecule has 0 aliphatic heterocycles. The van der Waals surface area contributed by atoms with Crippen LogP contribution in [0, 0.1) is 0 Å². The lowest BCUT2D eigenvalue weighted by Gasteiger charge is -2.19. The van der Waals surface area contributed by atoms with E-state index in [1.54, 1.807) is 29.4 Å². The van der Waals surface area contributed by atoms with E-state index >= 15 is 0 Å². The van der Waals surface area contributed by atoms with Gasteiger partial charge in [0, 0.05) is 18.4 Å². The minimum atomic E-state index is 0.0113. The van der Waals surface area contributed by atoms with E-state index in [1.165, 1.54) is 0 Å². The highest BCUT2D eigenvalue weighted by Gasteiger charge is 2.15. The zero-order valence-corrected chi connectivity index (χ0v) is 10.3. The van der Waals surface area contributed by atoms with Gasteiger partial charge in [-0.15, -0.1) is 0 Å². The van der Waals surface area contributed by atoms with E-state index in [0.717, 1.165) is 5.69 Å². The molecule has 0 radical (unpaired) electrons. The predicted octanol–water partition coefficient (Wildman–Crippen LogP) is 1.59. The molecule has 2 rings (SSSR count). The maximum absolute atomic E-state index is 12.2. The first-order chi connectivity index (χ1) is 8.70. The highest BCUT2D eigenvalue weighted by molar-refractivity contribution is 5.93. The number of carbonyl (C=O) groups excluding carboxylic acids is 1. The third kappa shape index (κ3) is 2.68. The Morgan fingerprint density at radius 2 is 2.28 bits per heavy atom. The van der Waals surface area contributed by atoms with Crippen molar-refractivity contribution >= 4 is 17.4 Å². The number of likely N-dealkylation sites (N-methyl/N-ethyl adjacent to an activating group) is 1. The molecule has 0 spiro atoms. The van der Waals surface area contributed by atoms with Crippen molar-refractivity contribution in [3.05, 3.63) is 42.4 Å². The standard InChI is InChI=1S/C13H16N4O/c1-2-17(12-6-5-10(14)9-16-12)13(18)8-11-4-3-7-15-11/h3-7,9,15H,2,8,14H2,1H3. The molecule has 0 fully saturated rings. The molecule has 2 heterocycles. The average molecular weight is 244 g/mol. The number of nitrogens with one attached hydrogen (secondary N) is 1. The Morgan fingerprint density at radius 3 is 2.83 bits per heavy atom. The largest absolute Gasteiger partial charge is 0.397 e. The van der Waals surface area contributed by atoms with Gasteiger partial charge in [-0.3, -0.25) is 9.69 Å². The number of nitrogens with zero attached hydrogens (tertiary/aromatic N) is 2. The molecule has 18 heavy (non-hydrogen) atoms. The first-order valence-corrected chi connectivity index (χ1v) is 5.85. The molecule has 0 aliphatic carbocycles. The van der Waals surface area contributed by atoms with Gasteiger partial charge in [0.05, 0.1) is 18.3 Å². The second-order valence-electron chi connectivity index (χ2n) is 3.96. The van der Waals surface area contributed by atoms with Crippen LogP contribution in [0.15, 0.2) is 36.7 Å². The van der Waals surface area contributed by atoms with Gasteiger partial charge >= 0.3 is 0 Å². The lowest BCUT2D eigenvalue weighted by molar-refractivity contribution is -0.118. The topological polar surface area (TPSA) is 75.0 Å². The molecule has 5 nitrogen and oxygen atoms in total. The highest BCUT2D eigenvalue weighted by atomic mass is 16.2. The smallest absolute Gasteiger partial charge is 0.234 e. The summed E-state index contributed by atoms with van der Waals surface area (Å²) < 4.78 is 0. The van der Waals surface area contributed by atoms with Crippen LogP contribution in [0.1, 0.15) is 12.6 Å². The van der Waals surface area contributed by atoms with Gasteiger partial charge in [-0.05, 0) is 31.2 Å². The summed E-state index contributed by atoms with van der Waals surface area (Å²) in [5.74, 6) is 0.639. The molecule has 0 aliphatic rings. The second kappa shape index (κ2) is 5.35. The molecule has 1 amide bonds. The summed E-state index contributed by atoms with van der Waals surface area (Å²) in [6.07, 6.45) is 3.70. The number of aromatic amines is 1. The van der Waals surface area contributed by atoms with Crippen LogP contribution in [0.25, 0.3) is 0 Å². The van der Waals surface area contributed by atoms with Crippen LogP contribution in [-0.2, 0) is 11.2 Å². The van der Waals surface area contributed by atoms with Gasteiger partial charge < -0.3 is 10.7 Å². The minimum Gasteiger partial charge on any atom is -0.397 e. The average Bonchev–Trinajstić information content (AvgIpc) is 2.85. The van der Waals surface area contributed by atoms with Crippen LogP contribution in [0.2, 0.25) is 0 Å². The number of rotatable bonds is 4. The zero-order valence-electron chi connectivity index (χ0n) is 10.3. The van der Waals surface area contributed by atoms with Gasteiger partial charge in [0.1, 0.15) is 5.82 Å². The first kappa shape index (κ1) is 12.2. The van der Waals surface area contributed by atoms with Crippen molar-refractivity contribution in [3.8, 4) is 0 Å². The number of anilines is 2. The second-order valence-corrected chi connectivity index (χ2v) is 3.96. The Labute approximate surface area is 106 Å². The van der Waals surface area contributed by atoms with Crippen LogP contribution in [0.5, 0.6) is 0 Å². The molecule has 3 N–H and O–H groups in total. The molecular formula is C13H16N4O. The van der Waals surface area contributed by atoms with Gasteiger partial charge in [0.2, 0.25) is 5.91 Å². The third-order valence-electron chi connectivity index (χ3n) is 2.67. The van der Waals surface area contributed by atoms with Gasteiger partial charge in [-0.1, -0.05) is 0 Å². The fourth-order valence-electron chi connectivity index (χ4n) is 1.76. The number of nitrogen functional groups attached to an aromatic ring is 1. The molecule has 0 saturated carbocycles. The maximum Gasteiger partial charge on any atom is 0.234 e. The Bertz CT molecular complexity index is 504. The van der Waals surface area contributed by atoms with Crippen LogP contribution in [0.3, 0.4) is 0 Å². The number of pyridine rings is 1. The molecule has 0 saturated heterocycles. The SMILES string of the molecule is CCN(C(=O)Cc1ccc[nH]1)c1ccc(N)cn1. The fraction of sp³-hybridized carbons (Fsp3) is 0.231. The first-order valence-electron chi connectivity index (χ1n) is 5.85. The monoisotopic (exact) mass is 244 g/mol. The minimum absolute atomic E-state index is 0.0113. The van der Waals surface area contributed by atoms with E-state index in [-0.39, 0.29) is 5.91 Å². The summed E-state index contributed by atoms with van der Waals surface area (Å²) in [4.78, 5) is 21.0. The van der Waals surface area contributed by atoms with Crippen LogP contribution >= 0.6 is 0 Å². The Kier molecular flexibility index (Phi) is 3.62. The normalized spacial score (nSPS) is 10.3. The highest BCUT2D eigenvalue weighted by Crippen LogP contribution is 2.13. The molecule has 5 heteroatoms. The summed E-state index contributed by atoms with van der Waals surface area (Å²) in [6, 6.07) is 7.26. The van der Waals surface area contributed by atoms with E-state index in [2.05, 4.69) is 9.97 Å². The summed E-state index contributed by atoms with van der Waals surface area (Å²) in [5.41, 5.74) is 7.07. The van der Waals surface area contributed by atoms with E-state index in [0.29, 0.717) is 24.5 Å². The van der Waals surface area contributed by atoms with Crippen LogP contribution < -0.4 is 10.6 Å². The van der Waals surface area contributed by atoms with E-state index in [9.17, 15) is 4.79 Å². The summed E-state index contributed by atoms with van der Waals surface area (Å²) in [6.45, 7) is 2.50. The van der Waals surface area contributed by atoms with E-state index < -0.39 is 0 Å². The van der Waals surface area contributed by atoms with Gasteiger partial charge in [0.25, 0.3) is 0 Å². The Hall–Kier alpha value is -2.30. The van der Waals surface area contributed by atoms with Crippen molar-refractivity contribution in [2.45, 2.75) is 13.3 Å². The van der Waals surface area contributed by atoms with Gasteiger partial charge in [-0.25, -0.2) is 4.98 Å². The van der Waals surface area contributed by atoms with Gasteiger partial charge in [0.15, 0.2) is 0 Å². The number of aromatic nitrogens is 2. The van der Waals surface area contributed by atoms with E-state index in [1.807, 2.05) is 19.1 Å². The molecule has 2 aromatic rings. The number of carbonyl (C=O) groups is 1. The predicted molar refractivity (Wildman–Crippen MR) is 71.2 cm³/mol. The molecule has 2 aromatic heterocycles. The van der Waals surface area contributed by atoms with Crippen molar-refractivity contribution in [2.75, 3.05) is 17.2 Å². The van der Waals surface area contributed by atoms with E-state index in [4.69, 9.17) is 5.73 Å². The number of H-pyrrole nitrogens is 1. The quantitative estimate of drug-likeness (QED) is 0.857. The molecule has 0 aromatic carbocycles. The molecule has 0 unspecified atom stereocenters. The van der Waals surface area contributed by atoms with Crippen LogP contribution in [0.4, 0.5) is 11.5 Å². The zero-order chi connectivity index (χ0) is 13.0. The van der Waals surface area contributed by atoms with Crippen molar-refractivity contribution in [3.63, 3.8) is 0 Å². The van der Waals surface area contributed by atoms with Gasteiger partial charge in [-0.2, -0.15) is 0 Å². The number of nitrogens with two attached hydrogens (primary N) is 1. The third-order valence-corrected chi connectivity index (χ3v) is 2.67. The molecule has 94 valence electrons. The number of hydrogen-bond acceptors (Lipinski definition) is 3. The Morgan fingerprint density at radius 1 is 1.44 bits per heavy atom. The van der Waals surface area contributed by atoms with Crippen molar-refractivity contribution < 1.29 is 4.79 Å². The number of amides is 1. The van der Waals surface area contributed by atoms with Crippen molar-refractivity contribution in [1.29, 1.82) is 0 Å².